The Morgan fingerprint density at radius 2 is 0.905 bits per heavy atom. The van der Waals surface area contributed by atoms with Crippen molar-refractivity contribution in [3.8, 4) is 0 Å². The zero-order chi connectivity index (χ0) is 16.1. The number of esters is 2. The normalized spacial score (nSPS) is 11.0. The van der Waals surface area contributed by atoms with Crippen LogP contribution in [0.25, 0.3) is 0 Å². The van der Waals surface area contributed by atoms with E-state index in [0.717, 1.165) is 38.5 Å². The molecule has 0 fully saturated rings. The summed E-state index contributed by atoms with van der Waals surface area (Å²) in [5, 5.41) is 0. The molecule has 0 aromatic carbocycles. The van der Waals surface area contributed by atoms with Gasteiger partial charge in [-0.15, -0.1) is 0 Å². The number of hydrogen-bond donors (Lipinski definition) is 0. The molecule has 0 aliphatic heterocycles. The van der Waals surface area contributed by atoms with Gasteiger partial charge in [0.1, 0.15) is 0 Å². The van der Waals surface area contributed by atoms with Gasteiger partial charge in [0.05, 0.1) is 12.2 Å². The van der Waals surface area contributed by atoms with Crippen molar-refractivity contribution in [2.24, 2.45) is 0 Å². The highest BCUT2D eigenvalue weighted by Gasteiger charge is 2.05. The van der Waals surface area contributed by atoms with E-state index in [1.807, 2.05) is 27.7 Å². The molecule has 21 heavy (non-hydrogen) atoms. The Morgan fingerprint density at radius 3 is 1.19 bits per heavy atom. The molecule has 0 atom stereocenters. The highest BCUT2D eigenvalue weighted by Crippen LogP contribution is 2.11. The topological polar surface area (TPSA) is 52.6 Å². The molecule has 0 aromatic heterocycles. The van der Waals surface area contributed by atoms with Crippen LogP contribution in [-0.2, 0) is 19.1 Å². The first kappa shape index (κ1) is 19.9. The first-order valence-corrected chi connectivity index (χ1v) is 8.30. The van der Waals surface area contributed by atoms with Gasteiger partial charge in [-0.1, -0.05) is 32.1 Å². The SMILES string of the molecule is CC(C)OC(=O)CCCCCCCCCC(=O)OC(C)C. The van der Waals surface area contributed by atoms with Crippen molar-refractivity contribution in [3.05, 3.63) is 0 Å². The quantitative estimate of drug-likeness (QED) is 0.396. The molecule has 0 aromatic rings. The van der Waals surface area contributed by atoms with Gasteiger partial charge in [-0.3, -0.25) is 9.59 Å². The van der Waals surface area contributed by atoms with Gasteiger partial charge in [-0.25, -0.2) is 0 Å². The molecule has 124 valence electrons. The summed E-state index contributed by atoms with van der Waals surface area (Å²) in [6.07, 6.45) is 8.44. The average Bonchev–Trinajstić information content (AvgIpc) is 2.34. The molecule has 0 saturated carbocycles. The molecule has 0 amide bonds. The molecule has 0 saturated heterocycles. The van der Waals surface area contributed by atoms with Crippen molar-refractivity contribution in [2.75, 3.05) is 0 Å². The van der Waals surface area contributed by atoms with Crippen LogP contribution in [0.4, 0.5) is 0 Å². The zero-order valence-electron chi connectivity index (χ0n) is 14.2. The summed E-state index contributed by atoms with van der Waals surface area (Å²) in [7, 11) is 0. The van der Waals surface area contributed by atoms with Crippen LogP contribution >= 0.6 is 0 Å². The summed E-state index contributed by atoms with van der Waals surface area (Å²) in [6, 6.07) is 0. The molecule has 0 N–H and O–H groups in total. The monoisotopic (exact) mass is 300 g/mol. The number of unbranched alkanes of at least 4 members (excludes halogenated alkanes) is 6. The zero-order valence-corrected chi connectivity index (χ0v) is 14.2. The smallest absolute Gasteiger partial charge is 0.306 e. The van der Waals surface area contributed by atoms with Crippen molar-refractivity contribution in [1.29, 1.82) is 0 Å². The number of carbonyl (C=O) groups is 2. The molecular weight excluding hydrogens is 268 g/mol. The van der Waals surface area contributed by atoms with Crippen LogP contribution in [0.2, 0.25) is 0 Å². The Hall–Kier alpha value is -1.06. The molecule has 0 bridgehead atoms. The van der Waals surface area contributed by atoms with E-state index in [0.29, 0.717) is 12.8 Å². The third-order valence-electron chi connectivity index (χ3n) is 3.00. The lowest BCUT2D eigenvalue weighted by atomic mass is 10.1. The molecular formula is C17H32O4. The summed E-state index contributed by atoms with van der Waals surface area (Å²) >= 11 is 0. The van der Waals surface area contributed by atoms with E-state index in [9.17, 15) is 9.59 Å². The number of ether oxygens (including phenoxy) is 2. The van der Waals surface area contributed by atoms with Crippen molar-refractivity contribution in [1.82, 2.24) is 0 Å². The number of rotatable bonds is 12. The van der Waals surface area contributed by atoms with Gasteiger partial charge in [0.15, 0.2) is 0 Å². The first-order valence-electron chi connectivity index (χ1n) is 8.30. The van der Waals surface area contributed by atoms with Gasteiger partial charge in [0.2, 0.25) is 0 Å². The van der Waals surface area contributed by atoms with Gasteiger partial charge in [0.25, 0.3) is 0 Å². The lowest BCUT2D eigenvalue weighted by Crippen LogP contribution is -2.10. The molecule has 4 heteroatoms. The van der Waals surface area contributed by atoms with E-state index >= 15 is 0 Å². The second-order valence-electron chi connectivity index (χ2n) is 6.05. The lowest BCUT2D eigenvalue weighted by molar-refractivity contribution is -0.148. The predicted octanol–water partition coefficient (Wildman–Crippen LogP) is 4.40. The summed E-state index contributed by atoms with van der Waals surface area (Å²) in [4.78, 5) is 22.6. The molecule has 4 nitrogen and oxygen atoms in total. The minimum atomic E-state index is -0.0892. The average molecular weight is 300 g/mol. The van der Waals surface area contributed by atoms with Crippen molar-refractivity contribution >= 4 is 11.9 Å². The van der Waals surface area contributed by atoms with Gasteiger partial charge in [-0.2, -0.15) is 0 Å². The van der Waals surface area contributed by atoms with E-state index in [1.165, 1.54) is 6.42 Å². The maximum absolute atomic E-state index is 11.3. The van der Waals surface area contributed by atoms with Gasteiger partial charge >= 0.3 is 11.9 Å². The maximum atomic E-state index is 11.3. The molecule has 0 rings (SSSR count). The third kappa shape index (κ3) is 15.2. The van der Waals surface area contributed by atoms with Gasteiger partial charge in [-0.05, 0) is 40.5 Å². The van der Waals surface area contributed by atoms with Crippen LogP contribution in [0, 0.1) is 0 Å². The summed E-state index contributed by atoms with van der Waals surface area (Å²) in [5.41, 5.74) is 0. The number of hydrogen-bond acceptors (Lipinski definition) is 4. The van der Waals surface area contributed by atoms with Crippen LogP contribution in [0.5, 0.6) is 0 Å². The van der Waals surface area contributed by atoms with E-state index in [4.69, 9.17) is 9.47 Å². The Bertz CT molecular complexity index is 257. The Kier molecular flexibility index (Phi) is 12.0. The second kappa shape index (κ2) is 12.7. The van der Waals surface area contributed by atoms with Crippen molar-refractivity contribution in [2.45, 2.75) is 97.7 Å². The Morgan fingerprint density at radius 1 is 0.619 bits per heavy atom. The molecule has 0 aliphatic carbocycles. The van der Waals surface area contributed by atoms with E-state index in [1.54, 1.807) is 0 Å². The van der Waals surface area contributed by atoms with Crippen LogP contribution < -0.4 is 0 Å². The standard InChI is InChI=1S/C17H32O4/c1-14(2)20-16(18)12-10-8-6-5-7-9-11-13-17(19)21-15(3)4/h14-15H,5-13H2,1-4H3. The molecule has 0 spiro atoms. The van der Waals surface area contributed by atoms with Crippen LogP contribution in [-0.4, -0.2) is 24.1 Å². The fraction of sp³-hybridized carbons (Fsp3) is 0.882. The van der Waals surface area contributed by atoms with Gasteiger partial charge in [0, 0.05) is 12.8 Å². The summed E-state index contributed by atoms with van der Waals surface area (Å²) < 4.78 is 10.2. The van der Waals surface area contributed by atoms with E-state index in [-0.39, 0.29) is 24.1 Å². The molecule has 0 aliphatic rings. The third-order valence-corrected chi connectivity index (χ3v) is 3.00. The molecule has 0 radical (unpaired) electrons. The fourth-order valence-corrected chi connectivity index (χ4v) is 2.07. The second-order valence-corrected chi connectivity index (χ2v) is 6.05. The largest absolute Gasteiger partial charge is 0.463 e. The van der Waals surface area contributed by atoms with Crippen LogP contribution in [0.15, 0.2) is 0 Å². The van der Waals surface area contributed by atoms with Crippen molar-refractivity contribution < 1.29 is 19.1 Å². The maximum Gasteiger partial charge on any atom is 0.306 e. The number of carbonyl (C=O) groups excluding carboxylic acids is 2. The summed E-state index contributed by atoms with van der Waals surface area (Å²) in [5.74, 6) is -0.178. The first-order chi connectivity index (χ1) is 9.91. The lowest BCUT2D eigenvalue weighted by Gasteiger charge is -2.08. The van der Waals surface area contributed by atoms with E-state index < -0.39 is 0 Å². The van der Waals surface area contributed by atoms with Gasteiger partial charge < -0.3 is 9.47 Å². The fourth-order valence-electron chi connectivity index (χ4n) is 2.07. The van der Waals surface area contributed by atoms with Crippen LogP contribution in [0.1, 0.15) is 85.5 Å². The van der Waals surface area contributed by atoms with Crippen LogP contribution in [0.3, 0.4) is 0 Å². The highest BCUT2D eigenvalue weighted by molar-refractivity contribution is 5.69. The highest BCUT2D eigenvalue weighted by atomic mass is 16.5. The molecule has 0 unspecified atom stereocenters. The van der Waals surface area contributed by atoms with Crippen molar-refractivity contribution in [3.63, 3.8) is 0 Å². The predicted molar refractivity (Wildman–Crippen MR) is 84.0 cm³/mol. The van der Waals surface area contributed by atoms with E-state index in [2.05, 4.69) is 0 Å². The minimum absolute atomic E-state index is 0.0140. The minimum Gasteiger partial charge on any atom is -0.463 e. The molecule has 0 heterocycles. The summed E-state index contributed by atoms with van der Waals surface area (Å²) in [6.45, 7) is 7.48. The Balaban J connectivity index is 3.26. The Labute approximate surface area is 129 Å².